The van der Waals surface area contributed by atoms with Gasteiger partial charge in [-0.05, 0) is 25.5 Å². The van der Waals surface area contributed by atoms with Crippen LogP contribution in [0.5, 0.6) is 0 Å². The molecule has 1 aromatic carbocycles. The van der Waals surface area contributed by atoms with Crippen LogP contribution < -0.4 is 0 Å². The quantitative estimate of drug-likeness (QED) is 0.596. The second-order valence-corrected chi connectivity index (χ2v) is 5.57. The van der Waals surface area contributed by atoms with Crippen LogP contribution in [0.4, 0.5) is 0 Å². The zero-order chi connectivity index (χ0) is 13.7. The van der Waals surface area contributed by atoms with Crippen molar-refractivity contribution in [2.75, 3.05) is 5.75 Å². The first-order valence-corrected chi connectivity index (χ1v) is 7.42. The molecule has 0 radical (unpaired) electrons. The van der Waals surface area contributed by atoms with Gasteiger partial charge < -0.3 is 0 Å². The van der Waals surface area contributed by atoms with E-state index in [1.165, 1.54) is 5.56 Å². The SMILES string of the molecule is CCCn1cc(C(=O)CSc2ccc(C)cc2)cn1. The zero-order valence-electron chi connectivity index (χ0n) is 11.3. The Morgan fingerprint density at radius 1 is 1.32 bits per heavy atom. The third-order valence-electron chi connectivity index (χ3n) is 2.80. The molecule has 0 saturated carbocycles. The predicted octanol–water partition coefficient (Wildman–Crippen LogP) is 3.58. The van der Waals surface area contributed by atoms with Crippen molar-refractivity contribution in [1.29, 1.82) is 0 Å². The number of ketones is 1. The highest BCUT2D eigenvalue weighted by molar-refractivity contribution is 8.00. The fourth-order valence-corrected chi connectivity index (χ4v) is 2.52. The number of aryl methyl sites for hydroxylation is 2. The van der Waals surface area contributed by atoms with E-state index in [2.05, 4.69) is 31.1 Å². The Labute approximate surface area is 118 Å². The Kier molecular flexibility index (Phi) is 4.80. The van der Waals surface area contributed by atoms with E-state index in [-0.39, 0.29) is 5.78 Å². The first-order valence-electron chi connectivity index (χ1n) is 6.44. The number of benzene rings is 1. The maximum absolute atomic E-state index is 12.0. The van der Waals surface area contributed by atoms with Crippen molar-refractivity contribution in [1.82, 2.24) is 9.78 Å². The van der Waals surface area contributed by atoms with Crippen LogP contribution in [0, 0.1) is 6.92 Å². The van der Waals surface area contributed by atoms with Crippen molar-refractivity contribution < 1.29 is 4.79 Å². The molecule has 2 rings (SSSR count). The van der Waals surface area contributed by atoms with Crippen LogP contribution in [0.25, 0.3) is 0 Å². The van der Waals surface area contributed by atoms with Gasteiger partial charge in [-0.15, -0.1) is 11.8 Å². The van der Waals surface area contributed by atoms with Gasteiger partial charge >= 0.3 is 0 Å². The van der Waals surface area contributed by atoms with Crippen molar-refractivity contribution in [2.24, 2.45) is 0 Å². The van der Waals surface area contributed by atoms with Crippen LogP contribution in [-0.4, -0.2) is 21.3 Å². The molecule has 4 heteroatoms. The van der Waals surface area contributed by atoms with Crippen molar-refractivity contribution in [3.05, 3.63) is 47.8 Å². The molecule has 0 aliphatic carbocycles. The summed E-state index contributed by atoms with van der Waals surface area (Å²) in [4.78, 5) is 13.2. The van der Waals surface area contributed by atoms with E-state index in [4.69, 9.17) is 0 Å². The molecule has 19 heavy (non-hydrogen) atoms. The molecule has 3 nitrogen and oxygen atoms in total. The van der Waals surface area contributed by atoms with E-state index in [0.29, 0.717) is 11.3 Å². The third kappa shape index (κ3) is 3.96. The van der Waals surface area contributed by atoms with E-state index in [9.17, 15) is 4.79 Å². The van der Waals surface area contributed by atoms with E-state index >= 15 is 0 Å². The summed E-state index contributed by atoms with van der Waals surface area (Å²) < 4.78 is 1.82. The maximum Gasteiger partial charge on any atom is 0.176 e. The Bertz CT molecular complexity index is 546. The lowest BCUT2D eigenvalue weighted by Crippen LogP contribution is -2.01. The van der Waals surface area contributed by atoms with E-state index in [1.807, 2.05) is 23.0 Å². The van der Waals surface area contributed by atoms with Gasteiger partial charge in [0.25, 0.3) is 0 Å². The van der Waals surface area contributed by atoms with Gasteiger partial charge in [0.05, 0.1) is 17.5 Å². The lowest BCUT2D eigenvalue weighted by molar-refractivity contribution is 0.102. The van der Waals surface area contributed by atoms with Gasteiger partial charge in [-0.25, -0.2) is 0 Å². The predicted molar refractivity (Wildman–Crippen MR) is 78.8 cm³/mol. The first-order chi connectivity index (χ1) is 9.19. The monoisotopic (exact) mass is 274 g/mol. The Balaban J connectivity index is 1.91. The summed E-state index contributed by atoms with van der Waals surface area (Å²) in [5.41, 5.74) is 1.93. The molecule has 0 N–H and O–H groups in total. The summed E-state index contributed by atoms with van der Waals surface area (Å²) in [6.45, 7) is 5.01. The van der Waals surface area contributed by atoms with Gasteiger partial charge in [-0.1, -0.05) is 24.6 Å². The molecule has 1 heterocycles. The van der Waals surface area contributed by atoms with Crippen LogP contribution >= 0.6 is 11.8 Å². The molecular weight excluding hydrogens is 256 g/mol. The van der Waals surface area contributed by atoms with Crippen molar-refractivity contribution in [3.63, 3.8) is 0 Å². The van der Waals surface area contributed by atoms with E-state index < -0.39 is 0 Å². The number of Topliss-reactive ketones (excluding diaryl/α,β-unsaturated/α-hetero) is 1. The van der Waals surface area contributed by atoms with Crippen molar-refractivity contribution in [2.45, 2.75) is 31.7 Å². The van der Waals surface area contributed by atoms with Gasteiger partial charge in [0.15, 0.2) is 5.78 Å². The second-order valence-electron chi connectivity index (χ2n) is 4.52. The molecule has 0 spiro atoms. The van der Waals surface area contributed by atoms with Crippen LogP contribution in [0.2, 0.25) is 0 Å². The number of carbonyl (C=O) groups excluding carboxylic acids is 1. The highest BCUT2D eigenvalue weighted by atomic mass is 32.2. The molecule has 0 amide bonds. The Morgan fingerprint density at radius 3 is 2.74 bits per heavy atom. The summed E-state index contributed by atoms with van der Waals surface area (Å²) >= 11 is 1.57. The molecule has 1 aromatic heterocycles. The van der Waals surface area contributed by atoms with Crippen LogP contribution in [0.3, 0.4) is 0 Å². The number of nitrogens with zero attached hydrogens (tertiary/aromatic N) is 2. The molecule has 0 aliphatic rings. The summed E-state index contributed by atoms with van der Waals surface area (Å²) in [5, 5.41) is 4.18. The van der Waals surface area contributed by atoms with Crippen LogP contribution in [0.15, 0.2) is 41.6 Å². The van der Waals surface area contributed by atoms with E-state index in [0.717, 1.165) is 17.9 Å². The molecule has 0 fully saturated rings. The molecule has 0 aliphatic heterocycles. The van der Waals surface area contributed by atoms with Gasteiger partial charge in [0.2, 0.25) is 0 Å². The molecule has 100 valence electrons. The smallest absolute Gasteiger partial charge is 0.176 e. The molecule has 2 aromatic rings. The highest BCUT2D eigenvalue weighted by Crippen LogP contribution is 2.19. The zero-order valence-corrected chi connectivity index (χ0v) is 12.1. The lowest BCUT2D eigenvalue weighted by atomic mass is 10.2. The van der Waals surface area contributed by atoms with Crippen molar-refractivity contribution >= 4 is 17.5 Å². The Morgan fingerprint density at radius 2 is 2.05 bits per heavy atom. The minimum atomic E-state index is 0.132. The number of hydrogen-bond donors (Lipinski definition) is 0. The number of thioether (sulfide) groups is 1. The van der Waals surface area contributed by atoms with E-state index in [1.54, 1.807) is 18.0 Å². The first kappa shape index (κ1) is 13.9. The van der Waals surface area contributed by atoms with Crippen molar-refractivity contribution in [3.8, 4) is 0 Å². The normalized spacial score (nSPS) is 10.6. The number of carbonyl (C=O) groups is 1. The average molecular weight is 274 g/mol. The molecule has 0 unspecified atom stereocenters. The van der Waals surface area contributed by atoms with Gasteiger partial charge in [-0.2, -0.15) is 5.10 Å². The minimum Gasteiger partial charge on any atom is -0.293 e. The fourth-order valence-electron chi connectivity index (χ4n) is 1.73. The fraction of sp³-hybridized carbons (Fsp3) is 0.333. The number of aromatic nitrogens is 2. The number of rotatable bonds is 6. The third-order valence-corrected chi connectivity index (χ3v) is 3.81. The Hall–Kier alpha value is -1.55. The maximum atomic E-state index is 12.0. The minimum absolute atomic E-state index is 0.132. The second kappa shape index (κ2) is 6.57. The lowest BCUT2D eigenvalue weighted by Gasteiger charge is -2.00. The average Bonchev–Trinajstić information content (AvgIpc) is 2.87. The van der Waals surface area contributed by atoms with Gasteiger partial charge in [0.1, 0.15) is 0 Å². The summed E-state index contributed by atoms with van der Waals surface area (Å²) in [6, 6.07) is 8.22. The summed E-state index contributed by atoms with van der Waals surface area (Å²) in [5.74, 6) is 0.592. The topological polar surface area (TPSA) is 34.9 Å². The highest BCUT2D eigenvalue weighted by Gasteiger charge is 2.09. The van der Waals surface area contributed by atoms with Gasteiger partial charge in [0, 0.05) is 17.6 Å². The largest absolute Gasteiger partial charge is 0.293 e. The molecule has 0 bridgehead atoms. The van der Waals surface area contributed by atoms with Crippen LogP contribution in [-0.2, 0) is 6.54 Å². The molecular formula is C15H18N2OS. The summed E-state index contributed by atoms with van der Waals surface area (Å²) in [7, 11) is 0. The summed E-state index contributed by atoms with van der Waals surface area (Å²) in [6.07, 6.45) is 4.52. The standard InChI is InChI=1S/C15H18N2OS/c1-3-8-17-10-13(9-16-17)15(18)11-19-14-6-4-12(2)5-7-14/h4-7,9-10H,3,8,11H2,1-2H3. The van der Waals surface area contributed by atoms with Gasteiger partial charge in [-0.3, -0.25) is 9.48 Å². The van der Waals surface area contributed by atoms with Crippen LogP contribution in [0.1, 0.15) is 29.3 Å². The molecule has 0 atom stereocenters. The number of hydrogen-bond acceptors (Lipinski definition) is 3. The molecule has 0 saturated heterocycles.